The quantitative estimate of drug-likeness (QED) is 0.233. The molecule has 0 spiro atoms. The zero-order valence-electron chi connectivity index (χ0n) is 21.0. The second kappa shape index (κ2) is 10.00. The molecule has 36 heavy (non-hydrogen) atoms. The van der Waals surface area contributed by atoms with Crippen molar-refractivity contribution in [2.24, 2.45) is 0 Å². The Kier molecular flexibility index (Phi) is 7.33. The molecule has 1 atom stereocenters. The molecule has 4 N–H and O–H groups in total. The van der Waals surface area contributed by atoms with Gasteiger partial charge in [0.25, 0.3) is 0 Å². The number of aryl methyl sites for hydroxylation is 1. The Bertz CT molecular complexity index is 1200. The van der Waals surface area contributed by atoms with E-state index in [1.807, 2.05) is 17.6 Å². The number of imidazole rings is 1. The van der Waals surface area contributed by atoms with Gasteiger partial charge in [0.05, 0.1) is 35.4 Å². The molecule has 1 unspecified atom stereocenters. The van der Waals surface area contributed by atoms with Crippen LogP contribution in [0, 0.1) is 6.92 Å². The number of nitrogens with one attached hydrogen (secondary N) is 3. The van der Waals surface area contributed by atoms with Crippen LogP contribution in [-0.4, -0.2) is 52.7 Å². The Morgan fingerprint density at radius 3 is 2.64 bits per heavy atom. The van der Waals surface area contributed by atoms with E-state index in [-0.39, 0.29) is 18.9 Å². The van der Waals surface area contributed by atoms with Crippen LogP contribution < -0.4 is 10.6 Å². The van der Waals surface area contributed by atoms with Crippen molar-refractivity contribution in [3.8, 4) is 5.69 Å². The number of fused-ring (bicyclic) bond motifs is 3. The zero-order chi connectivity index (χ0) is 26.1. The average molecular weight is 523 g/mol. The summed E-state index contributed by atoms with van der Waals surface area (Å²) in [6.45, 7) is 9.87. The van der Waals surface area contributed by atoms with Crippen molar-refractivity contribution >= 4 is 13.8 Å². The summed E-state index contributed by atoms with van der Waals surface area (Å²) in [5.74, 6) is 0.531. The minimum atomic E-state index is -4.50. The van der Waals surface area contributed by atoms with Crippen molar-refractivity contribution in [3.63, 3.8) is 0 Å². The number of aromatic nitrogens is 4. The van der Waals surface area contributed by atoms with E-state index in [9.17, 15) is 18.3 Å². The molecule has 3 aromatic rings. The van der Waals surface area contributed by atoms with Crippen molar-refractivity contribution in [3.05, 3.63) is 58.9 Å². The highest BCUT2D eigenvalue weighted by Gasteiger charge is 2.45. The highest BCUT2D eigenvalue weighted by atomic mass is 28.3. The van der Waals surface area contributed by atoms with Gasteiger partial charge in [0.1, 0.15) is 5.69 Å². The highest BCUT2D eigenvalue weighted by molar-refractivity contribution is 6.76. The first-order valence-electron chi connectivity index (χ1n) is 12.0. The van der Waals surface area contributed by atoms with E-state index in [2.05, 4.69) is 40.5 Å². The van der Waals surface area contributed by atoms with Crippen molar-refractivity contribution in [1.82, 2.24) is 25.1 Å². The summed E-state index contributed by atoms with van der Waals surface area (Å²) < 4.78 is 48.7. The molecule has 0 bridgehead atoms. The van der Waals surface area contributed by atoms with E-state index in [1.54, 1.807) is 6.20 Å². The summed E-state index contributed by atoms with van der Waals surface area (Å²) in [5, 5.41) is 23.4. The predicted molar refractivity (Wildman–Crippen MR) is 134 cm³/mol. The van der Waals surface area contributed by atoms with Crippen molar-refractivity contribution in [1.29, 1.82) is 0 Å². The van der Waals surface area contributed by atoms with Crippen LogP contribution in [0.2, 0.25) is 25.7 Å². The lowest BCUT2D eigenvalue weighted by Crippen LogP contribution is -2.54. The van der Waals surface area contributed by atoms with E-state index in [0.29, 0.717) is 36.8 Å². The van der Waals surface area contributed by atoms with Crippen LogP contribution in [-0.2, 0) is 23.2 Å². The molecule has 1 aliphatic rings. The fraction of sp³-hybridized carbons (Fsp3) is 0.500. The van der Waals surface area contributed by atoms with Gasteiger partial charge < -0.3 is 15.2 Å². The molecule has 12 heteroatoms. The first kappa shape index (κ1) is 26.4. The summed E-state index contributed by atoms with van der Waals surface area (Å²) in [6.07, 6.45) is -2.36. The maximum Gasteiger partial charge on any atom is 0.416 e. The first-order chi connectivity index (χ1) is 16.9. The molecule has 8 nitrogen and oxygen atoms in total. The molecule has 2 aromatic heterocycles. The molecule has 0 saturated carbocycles. The maximum atomic E-state index is 13.6. The number of rotatable bonds is 10. The normalized spacial score (nSPS) is 17.6. The van der Waals surface area contributed by atoms with Crippen LogP contribution in [0.25, 0.3) is 5.69 Å². The van der Waals surface area contributed by atoms with Crippen LogP contribution in [0.3, 0.4) is 0 Å². The molecule has 3 heterocycles. The first-order valence-corrected chi connectivity index (χ1v) is 15.7. The van der Waals surface area contributed by atoms with Gasteiger partial charge in [-0.05, 0) is 43.7 Å². The third-order valence-corrected chi connectivity index (χ3v) is 7.82. The minimum absolute atomic E-state index is 0.0396. The average Bonchev–Trinajstić information content (AvgIpc) is 3.42. The minimum Gasteiger partial charge on any atom is -0.396 e. The lowest BCUT2D eigenvalue weighted by atomic mass is 9.98. The molecule has 1 aliphatic heterocycles. The molecular formula is C24H33F3N6O2Si. The summed E-state index contributed by atoms with van der Waals surface area (Å²) >= 11 is 0. The predicted octanol–water partition coefficient (Wildman–Crippen LogP) is 4.38. The molecule has 0 amide bonds. The number of alkyl halides is 3. The number of aromatic amines is 1. The Balaban J connectivity index is 1.82. The second-order valence-corrected chi connectivity index (χ2v) is 15.9. The van der Waals surface area contributed by atoms with Gasteiger partial charge in [-0.25, -0.2) is 4.98 Å². The molecule has 4 rings (SSSR count). The highest BCUT2D eigenvalue weighted by Crippen LogP contribution is 2.42. The van der Waals surface area contributed by atoms with Gasteiger partial charge in [-0.3, -0.25) is 15.0 Å². The SMILES string of the molecule is Cc1cc(C2(NCCCO)Nc3cc(C(F)(F)F)ccc3-n3c(COCC[Si](C)(C)C)cnc32)n[nH]1. The van der Waals surface area contributed by atoms with Gasteiger partial charge in [0.2, 0.25) is 0 Å². The monoisotopic (exact) mass is 522 g/mol. The lowest BCUT2D eigenvalue weighted by molar-refractivity contribution is -0.137. The molecule has 0 aliphatic carbocycles. The Morgan fingerprint density at radius 2 is 2.00 bits per heavy atom. The molecule has 0 saturated heterocycles. The van der Waals surface area contributed by atoms with E-state index in [0.717, 1.165) is 29.6 Å². The second-order valence-electron chi connectivity index (χ2n) is 10.3. The lowest BCUT2D eigenvalue weighted by Gasteiger charge is -2.40. The Morgan fingerprint density at radius 1 is 1.22 bits per heavy atom. The Hall–Kier alpha value is -2.67. The van der Waals surface area contributed by atoms with Crippen LogP contribution >= 0.6 is 0 Å². The standard InChI is InChI=1S/C24H33F3N6O2Si/c1-16-12-21(32-31-16)23(29-8-5-9-34)22-28-14-18(15-35-10-11-36(2,3)4)33(22)20-7-6-17(24(25,26)27)13-19(20)30-23/h6-7,12-14,29-30,34H,5,8-11,15H2,1-4H3,(H,31,32). The largest absolute Gasteiger partial charge is 0.416 e. The zero-order valence-corrected chi connectivity index (χ0v) is 22.0. The van der Waals surface area contributed by atoms with Crippen LogP contribution in [0.5, 0.6) is 0 Å². The summed E-state index contributed by atoms with van der Waals surface area (Å²) in [7, 11) is -1.28. The van der Waals surface area contributed by atoms with Gasteiger partial charge in [-0.1, -0.05) is 19.6 Å². The number of H-pyrrole nitrogens is 1. The van der Waals surface area contributed by atoms with E-state index in [1.165, 1.54) is 6.07 Å². The van der Waals surface area contributed by atoms with Crippen molar-refractivity contribution < 1.29 is 23.0 Å². The van der Waals surface area contributed by atoms with E-state index < -0.39 is 25.5 Å². The number of aliphatic hydroxyl groups excluding tert-OH is 1. The number of aliphatic hydroxyl groups is 1. The van der Waals surface area contributed by atoms with Crippen LogP contribution in [0.4, 0.5) is 18.9 Å². The number of nitrogens with zero attached hydrogens (tertiary/aromatic N) is 3. The number of ether oxygens (including phenoxy) is 1. The third-order valence-electron chi connectivity index (χ3n) is 6.12. The van der Waals surface area contributed by atoms with Gasteiger partial charge in [-0.2, -0.15) is 18.3 Å². The van der Waals surface area contributed by atoms with Crippen molar-refractivity contribution in [2.45, 2.75) is 57.5 Å². The molecule has 1 aromatic carbocycles. The summed E-state index contributed by atoms with van der Waals surface area (Å²) in [6, 6.07) is 6.46. The number of hydrogen-bond acceptors (Lipinski definition) is 6. The number of halogens is 3. The van der Waals surface area contributed by atoms with Gasteiger partial charge in [0, 0.05) is 33.5 Å². The molecule has 0 radical (unpaired) electrons. The molecule has 196 valence electrons. The van der Waals surface area contributed by atoms with Gasteiger partial charge in [0.15, 0.2) is 11.5 Å². The van der Waals surface area contributed by atoms with Crippen LogP contribution in [0.15, 0.2) is 30.5 Å². The fourth-order valence-corrected chi connectivity index (χ4v) is 4.96. The number of benzene rings is 1. The van der Waals surface area contributed by atoms with Gasteiger partial charge >= 0.3 is 6.18 Å². The summed E-state index contributed by atoms with van der Waals surface area (Å²) in [5.41, 5.74) is 0.892. The number of hydrogen-bond donors (Lipinski definition) is 4. The fourth-order valence-electron chi connectivity index (χ4n) is 4.20. The van der Waals surface area contributed by atoms with Gasteiger partial charge in [-0.15, -0.1) is 0 Å². The molecule has 0 fully saturated rings. The number of anilines is 1. The van der Waals surface area contributed by atoms with E-state index in [4.69, 9.17) is 9.72 Å². The Labute approximate surface area is 209 Å². The smallest absolute Gasteiger partial charge is 0.396 e. The van der Waals surface area contributed by atoms with Crippen molar-refractivity contribution in [2.75, 3.05) is 25.1 Å². The summed E-state index contributed by atoms with van der Waals surface area (Å²) in [4.78, 5) is 4.70. The topological polar surface area (TPSA) is 100 Å². The van der Waals surface area contributed by atoms with Crippen LogP contribution in [0.1, 0.15) is 34.9 Å². The maximum absolute atomic E-state index is 13.6. The third kappa shape index (κ3) is 5.36. The molecular weight excluding hydrogens is 489 g/mol. The van der Waals surface area contributed by atoms with E-state index >= 15 is 0 Å².